The zero-order valence-electron chi connectivity index (χ0n) is 24.8. The third-order valence-corrected chi connectivity index (χ3v) is 7.84. The molecule has 0 saturated heterocycles. The zero-order valence-corrected chi connectivity index (χ0v) is 24.8. The van der Waals surface area contributed by atoms with Gasteiger partial charge in [-0.05, 0) is 57.3 Å². The molecule has 3 rings (SSSR count). The first-order valence-corrected chi connectivity index (χ1v) is 15.1. The number of hydrogen-bond donors (Lipinski definition) is 4. The molecule has 1 heterocycles. The highest BCUT2D eigenvalue weighted by Crippen LogP contribution is 2.44. The van der Waals surface area contributed by atoms with Crippen LogP contribution in [0.5, 0.6) is 0 Å². The summed E-state index contributed by atoms with van der Waals surface area (Å²) in [5.41, 5.74) is 0.625. The first-order valence-electron chi connectivity index (χ1n) is 15.1. The van der Waals surface area contributed by atoms with E-state index in [0.717, 1.165) is 0 Å². The van der Waals surface area contributed by atoms with Gasteiger partial charge in [-0.3, -0.25) is 4.79 Å². The fraction of sp³-hybridized carbons (Fsp3) is 0.378. The summed E-state index contributed by atoms with van der Waals surface area (Å²) in [6, 6.07) is -0.103. The molecular formula is C37H47NO4. The lowest BCUT2D eigenvalue weighted by atomic mass is 9.63. The van der Waals surface area contributed by atoms with Crippen LogP contribution in [-0.4, -0.2) is 45.6 Å². The Bertz CT molecular complexity index is 1190. The van der Waals surface area contributed by atoms with Crippen molar-refractivity contribution in [3.63, 3.8) is 0 Å². The fourth-order valence-electron chi connectivity index (χ4n) is 5.70. The average Bonchev–Trinajstić information content (AvgIpc) is 2.95. The van der Waals surface area contributed by atoms with Crippen LogP contribution >= 0.6 is 0 Å². The number of carbonyl (C=O) groups excluding carboxylic acids is 1. The van der Waals surface area contributed by atoms with Crippen LogP contribution in [-0.2, 0) is 4.79 Å². The Hall–Kier alpha value is -3.51. The van der Waals surface area contributed by atoms with E-state index in [4.69, 9.17) is 0 Å². The molecule has 224 valence electrons. The first kappa shape index (κ1) is 33.0. The number of amides is 1. The Morgan fingerprint density at radius 1 is 0.762 bits per heavy atom. The number of hydrogen-bond acceptors (Lipinski definition) is 4. The monoisotopic (exact) mass is 569 g/mol. The molecule has 0 spiro atoms. The Morgan fingerprint density at radius 2 is 1.43 bits per heavy atom. The smallest absolute Gasteiger partial charge is 0.247 e. The van der Waals surface area contributed by atoms with E-state index in [-0.39, 0.29) is 35.6 Å². The van der Waals surface area contributed by atoms with Crippen LogP contribution in [0.25, 0.3) is 0 Å². The van der Waals surface area contributed by atoms with Crippen LogP contribution in [0.1, 0.15) is 39.5 Å². The maximum atomic E-state index is 12.7. The predicted octanol–water partition coefficient (Wildman–Crippen LogP) is 6.15. The summed E-state index contributed by atoms with van der Waals surface area (Å²) in [6.45, 7) is 3.74. The number of rotatable bonds is 1. The Kier molecular flexibility index (Phi) is 14.2. The number of fused-ring (bicyclic) bond motifs is 3. The molecule has 0 unspecified atom stereocenters. The van der Waals surface area contributed by atoms with Gasteiger partial charge in [0.1, 0.15) is 0 Å². The topological polar surface area (TPSA) is 89.8 Å². The standard InChI is InChI=1S/C37H47NO4/c1-3-17-31-20-13-8-5-9-14-21-32(39)22-15-10-16-23-34-29(24-25-30-26-33(40)27-35(41)36(30)34)19-12-7-4-6-11-18-28(2)37(42)38-31/h3-19,21,23-25,29-36,39-41H,20,22,26-27H2,1-2H3,(H,38,42)/b7-4-,9-5-,11-6-,13-8-,15-10-,17-3+,19-12-,21-14-,23-16-,28-18-/t29-,30-,31+,32+,33+,34+,35+,36-/m1/s1. The number of allylic oxidation sites excluding steroid dienone is 17. The molecule has 1 amide bonds. The zero-order chi connectivity index (χ0) is 30.2. The van der Waals surface area contributed by atoms with Gasteiger partial charge < -0.3 is 20.6 Å². The van der Waals surface area contributed by atoms with Gasteiger partial charge in [-0.2, -0.15) is 0 Å². The highest BCUT2D eigenvalue weighted by molar-refractivity contribution is 5.93. The molecule has 5 heteroatoms. The summed E-state index contributed by atoms with van der Waals surface area (Å²) in [7, 11) is 0. The maximum Gasteiger partial charge on any atom is 0.247 e. The summed E-state index contributed by atoms with van der Waals surface area (Å²) in [5.74, 6) is 0.264. The first-order chi connectivity index (χ1) is 20.4. The predicted molar refractivity (Wildman–Crippen MR) is 173 cm³/mol. The van der Waals surface area contributed by atoms with Gasteiger partial charge in [0.2, 0.25) is 5.91 Å². The van der Waals surface area contributed by atoms with Crippen molar-refractivity contribution in [3.05, 3.63) is 133 Å². The van der Waals surface area contributed by atoms with Gasteiger partial charge in [0, 0.05) is 11.5 Å². The number of aliphatic hydroxyl groups excluding tert-OH is 3. The van der Waals surface area contributed by atoms with Crippen molar-refractivity contribution in [2.75, 3.05) is 0 Å². The molecule has 8 atom stereocenters. The van der Waals surface area contributed by atoms with Crippen molar-refractivity contribution >= 4 is 5.91 Å². The molecule has 0 bridgehead atoms. The van der Waals surface area contributed by atoms with E-state index in [1.54, 1.807) is 19.1 Å². The summed E-state index contributed by atoms with van der Waals surface area (Å²) in [4.78, 5) is 12.7. The van der Waals surface area contributed by atoms with Crippen LogP contribution in [0, 0.1) is 23.7 Å². The second kappa shape index (κ2) is 18.1. The molecule has 1 saturated carbocycles. The van der Waals surface area contributed by atoms with E-state index >= 15 is 0 Å². The minimum atomic E-state index is -0.590. The van der Waals surface area contributed by atoms with Gasteiger partial charge in [-0.25, -0.2) is 0 Å². The third-order valence-electron chi connectivity index (χ3n) is 7.84. The minimum Gasteiger partial charge on any atom is -0.393 e. The molecule has 1 aliphatic heterocycles. The van der Waals surface area contributed by atoms with E-state index in [0.29, 0.717) is 31.3 Å². The van der Waals surface area contributed by atoms with E-state index in [1.807, 2.05) is 98.1 Å². The van der Waals surface area contributed by atoms with Crippen molar-refractivity contribution in [2.24, 2.45) is 23.7 Å². The molecule has 3 aliphatic rings. The van der Waals surface area contributed by atoms with Crippen LogP contribution in [0.3, 0.4) is 0 Å². The van der Waals surface area contributed by atoms with Crippen molar-refractivity contribution < 1.29 is 20.1 Å². The van der Waals surface area contributed by atoms with E-state index in [9.17, 15) is 20.1 Å². The SMILES string of the molecule is C/C=C/[C@H]1C\C=C/C=C\C=C/[C@H](O)C/C=C\C=C/[C@@H]2[C@H]3[C@H](C=C[C@H]2\C=C/C=C\C=C/C=C(/C)C(=O)N1)C[C@H](O)C[C@@H]3O. The summed E-state index contributed by atoms with van der Waals surface area (Å²) >= 11 is 0. The lowest BCUT2D eigenvalue weighted by Gasteiger charge is -2.44. The number of nitrogens with one attached hydrogen (secondary N) is 1. The lowest BCUT2D eigenvalue weighted by Crippen LogP contribution is -2.45. The molecule has 0 aromatic rings. The molecule has 0 radical (unpaired) electrons. The fourth-order valence-corrected chi connectivity index (χ4v) is 5.70. The van der Waals surface area contributed by atoms with E-state index < -0.39 is 18.3 Å². The third kappa shape index (κ3) is 11.1. The summed E-state index contributed by atoms with van der Waals surface area (Å²) in [6.07, 6.45) is 41.8. The molecule has 1 fully saturated rings. The highest BCUT2D eigenvalue weighted by atomic mass is 16.3. The molecule has 42 heavy (non-hydrogen) atoms. The van der Waals surface area contributed by atoms with Gasteiger partial charge in [0.05, 0.1) is 24.4 Å². The molecule has 0 aromatic carbocycles. The van der Waals surface area contributed by atoms with E-state index in [1.165, 1.54) is 0 Å². The molecule has 4 N–H and O–H groups in total. The second-order valence-corrected chi connectivity index (χ2v) is 11.1. The summed E-state index contributed by atoms with van der Waals surface area (Å²) in [5, 5.41) is 34.5. The van der Waals surface area contributed by atoms with Crippen LogP contribution in [0.15, 0.2) is 133 Å². The Morgan fingerprint density at radius 3 is 2.24 bits per heavy atom. The largest absolute Gasteiger partial charge is 0.393 e. The van der Waals surface area contributed by atoms with Crippen molar-refractivity contribution in [3.8, 4) is 0 Å². The van der Waals surface area contributed by atoms with Crippen molar-refractivity contribution in [1.82, 2.24) is 5.32 Å². The van der Waals surface area contributed by atoms with Crippen molar-refractivity contribution in [1.29, 1.82) is 0 Å². The average molecular weight is 570 g/mol. The van der Waals surface area contributed by atoms with Gasteiger partial charge in [-0.15, -0.1) is 0 Å². The van der Waals surface area contributed by atoms with Crippen molar-refractivity contribution in [2.45, 2.75) is 63.9 Å². The number of aliphatic hydroxyl groups is 3. The Balaban J connectivity index is 1.81. The van der Waals surface area contributed by atoms with Crippen LogP contribution < -0.4 is 5.32 Å². The summed E-state index contributed by atoms with van der Waals surface area (Å²) < 4.78 is 0. The molecule has 0 aromatic heterocycles. The minimum absolute atomic E-state index is 0.0365. The highest BCUT2D eigenvalue weighted by Gasteiger charge is 2.42. The van der Waals surface area contributed by atoms with Gasteiger partial charge in [-0.1, -0.05) is 128 Å². The van der Waals surface area contributed by atoms with E-state index in [2.05, 4.69) is 29.6 Å². The molecule has 2 aliphatic carbocycles. The molecule has 5 nitrogen and oxygen atoms in total. The number of carbonyl (C=O) groups is 1. The molecular weight excluding hydrogens is 522 g/mol. The second-order valence-electron chi connectivity index (χ2n) is 11.1. The van der Waals surface area contributed by atoms with Crippen LogP contribution in [0.2, 0.25) is 0 Å². The quantitative estimate of drug-likeness (QED) is 0.285. The van der Waals surface area contributed by atoms with Crippen LogP contribution in [0.4, 0.5) is 0 Å². The van der Waals surface area contributed by atoms with Gasteiger partial charge in [0.25, 0.3) is 0 Å². The lowest BCUT2D eigenvalue weighted by molar-refractivity contribution is -0.117. The van der Waals surface area contributed by atoms with Gasteiger partial charge in [0.15, 0.2) is 0 Å². The normalized spacial score (nSPS) is 40.7. The van der Waals surface area contributed by atoms with Gasteiger partial charge >= 0.3 is 0 Å². The maximum absolute atomic E-state index is 12.7. The Labute approximate surface area is 251 Å².